The van der Waals surface area contributed by atoms with Gasteiger partial charge in [0.2, 0.25) is 0 Å². The van der Waals surface area contributed by atoms with E-state index >= 15 is 0 Å². The maximum absolute atomic E-state index is 13.0. The molecule has 6 heteroatoms. The Kier molecular flexibility index (Phi) is 3.46. The quantitative estimate of drug-likeness (QED) is 0.870. The number of hydrogen-bond donors (Lipinski definition) is 0. The second kappa shape index (κ2) is 5.61. The van der Waals surface area contributed by atoms with Crippen molar-refractivity contribution in [2.75, 3.05) is 13.1 Å². The predicted octanol–water partition coefficient (Wildman–Crippen LogP) is 2.44. The number of nitrogens with zero attached hydrogens (tertiary/aromatic N) is 5. The van der Waals surface area contributed by atoms with E-state index in [1.807, 2.05) is 16.8 Å². The van der Waals surface area contributed by atoms with Crippen LogP contribution < -0.4 is 0 Å². The smallest absolute Gasteiger partial charge is 0.165 e. The van der Waals surface area contributed by atoms with Crippen LogP contribution in [0.3, 0.4) is 0 Å². The van der Waals surface area contributed by atoms with E-state index in [0.29, 0.717) is 6.04 Å². The van der Waals surface area contributed by atoms with E-state index in [9.17, 15) is 4.39 Å². The summed E-state index contributed by atoms with van der Waals surface area (Å²) in [7, 11) is 0. The van der Waals surface area contributed by atoms with Gasteiger partial charge < -0.3 is 0 Å². The largest absolute Gasteiger partial charge is 0.292 e. The highest BCUT2D eigenvalue weighted by atomic mass is 19.1. The van der Waals surface area contributed by atoms with Crippen molar-refractivity contribution in [3.05, 3.63) is 47.5 Å². The Morgan fingerprint density at radius 2 is 2.00 bits per heavy atom. The highest BCUT2D eigenvalue weighted by molar-refractivity contribution is 5.66. The van der Waals surface area contributed by atoms with Gasteiger partial charge in [0, 0.05) is 13.1 Å². The summed E-state index contributed by atoms with van der Waals surface area (Å²) in [5, 5.41) is 12.1. The molecule has 2 heterocycles. The van der Waals surface area contributed by atoms with E-state index in [1.165, 1.54) is 30.5 Å². The number of aromatic nitrogens is 4. The van der Waals surface area contributed by atoms with Crippen LogP contribution in [0.5, 0.6) is 0 Å². The number of halogens is 1. The molecule has 4 rings (SSSR count). The van der Waals surface area contributed by atoms with Gasteiger partial charge in [-0.2, -0.15) is 0 Å². The van der Waals surface area contributed by atoms with Crippen LogP contribution in [0.15, 0.2) is 30.3 Å². The second-order valence-corrected chi connectivity index (χ2v) is 5.99. The predicted molar refractivity (Wildman–Crippen MR) is 80.4 cm³/mol. The molecule has 0 unspecified atom stereocenters. The fourth-order valence-electron chi connectivity index (χ4n) is 2.90. The normalized spacial score (nSPS) is 19.2. The van der Waals surface area contributed by atoms with E-state index in [2.05, 4.69) is 26.5 Å². The van der Waals surface area contributed by atoms with Crippen molar-refractivity contribution in [1.82, 2.24) is 25.1 Å². The van der Waals surface area contributed by atoms with E-state index in [0.717, 1.165) is 37.4 Å². The lowest BCUT2D eigenvalue weighted by Gasteiger charge is -2.25. The Balaban J connectivity index is 1.42. The molecule has 2 aliphatic rings. The molecule has 0 saturated heterocycles. The van der Waals surface area contributed by atoms with E-state index in [-0.39, 0.29) is 5.82 Å². The average Bonchev–Trinajstić information content (AvgIpc) is 3.29. The van der Waals surface area contributed by atoms with Crippen molar-refractivity contribution in [1.29, 1.82) is 0 Å². The van der Waals surface area contributed by atoms with Crippen molar-refractivity contribution in [3.8, 4) is 0 Å². The summed E-state index contributed by atoms with van der Waals surface area (Å²) in [6.07, 6.45) is 5.57. The summed E-state index contributed by atoms with van der Waals surface area (Å²) in [4.78, 5) is 2.34. The molecule has 22 heavy (non-hydrogen) atoms. The van der Waals surface area contributed by atoms with Gasteiger partial charge in [0.25, 0.3) is 0 Å². The fraction of sp³-hybridized carbons (Fsp3) is 0.438. The summed E-state index contributed by atoms with van der Waals surface area (Å²) < 4.78 is 15.0. The molecule has 1 aromatic carbocycles. The van der Waals surface area contributed by atoms with Crippen LogP contribution in [-0.4, -0.2) is 38.2 Å². The molecule has 1 aliphatic carbocycles. The standard InChI is InChI=1S/C16H18FN5/c17-14-3-1-12(2-4-14)13-7-9-21(10-8-13)11-16-18-19-20-22(16)15-5-6-15/h1-4,7,15H,5-6,8-11H2. The number of hydrogen-bond acceptors (Lipinski definition) is 4. The van der Waals surface area contributed by atoms with Crippen LogP contribution in [-0.2, 0) is 6.54 Å². The fourth-order valence-corrected chi connectivity index (χ4v) is 2.90. The lowest BCUT2D eigenvalue weighted by Crippen LogP contribution is -2.29. The molecule has 0 N–H and O–H groups in total. The summed E-state index contributed by atoms with van der Waals surface area (Å²) in [5.74, 6) is 0.773. The summed E-state index contributed by atoms with van der Waals surface area (Å²) in [5.41, 5.74) is 2.40. The van der Waals surface area contributed by atoms with E-state index < -0.39 is 0 Å². The SMILES string of the molecule is Fc1ccc(C2=CCN(Cc3nnnn3C3CC3)CC2)cc1. The highest BCUT2D eigenvalue weighted by Gasteiger charge is 2.28. The first-order chi connectivity index (χ1) is 10.8. The summed E-state index contributed by atoms with van der Waals surface area (Å²) >= 11 is 0. The molecule has 0 radical (unpaired) electrons. The van der Waals surface area contributed by atoms with Gasteiger partial charge in [-0.25, -0.2) is 9.07 Å². The molecule has 2 aromatic rings. The maximum atomic E-state index is 13.0. The Bertz CT molecular complexity index is 687. The molecule has 0 bridgehead atoms. The number of benzene rings is 1. The van der Waals surface area contributed by atoms with Gasteiger partial charge in [0.15, 0.2) is 5.82 Å². The van der Waals surface area contributed by atoms with Crippen LogP contribution in [0, 0.1) is 5.82 Å². The zero-order valence-corrected chi connectivity index (χ0v) is 12.3. The van der Waals surface area contributed by atoms with E-state index in [4.69, 9.17) is 0 Å². The zero-order valence-electron chi connectivity index (χ0n) is 12.3. The minimum atomic E-state index is -0.186. The molecular weight excluding hydrogens is 281 g/mol. The first-order valence-electron chi connectivity index (χ1n) is 7.73. The highest BCUT2D eigenvalue weighted by Crippen LogP contribution is 2.34. The van der Waals surface area contributed by atoms with E-state index in [1.54, 1.807) is 0 Å². The van der Waals surface area contributed by atoms with Crippen molar-refractivity contribution >= 4 is 5.57 Å². The van der Waals surface area contributed by atoms with Gasteiger partial charge in [-0.05, 0) is 53.0 Å². The first-order valence-corrected chi connectivity index (χ1v) is 7.73. The summed E-state index contributed by atoms with van der Waals surface area (Å²) in [6.45, 7) is 2.64. The Morgan fingerprint density at radius 3 is 2.68 bits per heavy atom. The van der Waals surface area contributed by atoms with Crippen LogP contribution >= 0.6 is 0 Å². The van der Waals surface area contributed by atoms with Gasteiger partial charge in [-0.3, -0.25) is 4.90 Å². The van der Waals surface area contributed by atoms with Gasteiger partial charge >= 0.3 is 0 Å². The molecule has 1 aliphatic heterocycles. The summed E-state index contributed by atoms with van der Waals surface area (Å²) in [6, 6.07) is 7.26. The van der Waals surface area contributed by atoms with Crippen molar-refractivity contribution in [3.63, 3.8) is 0 Å². The molecule has 1 fully saturated rings. The maximum Gasteiger partial charge on any atom is 0.165 e. The molecule has 0 spiro atoms. The van der Waals surface area contributed by atoms with Crippen molar-refractivity contribution in [2.45, 2.75) is 31.8 Å². The number of rotatable bonds is 4. The molecule has 0 amide bonds. The molecule has 5 nitrogen and oxygen atoms in total. The minimum absolute atomic E-state index is 0.186. The molecular formula is C16H18FN5. The number of tetrazole rings is 1. The zero-order chi connectivity index (χ0) is 14.9. The third-order valence-corrected chi connectivity index (χ3v) is 4.33. The van der Waals surface area contributed by atoms with Gasteiger partial charge in [0.1, 0.15) is 5.82 Å². The lowest BCUT2D eigenvalue weighted by molar-refractivity contribution is 0.279. The third kappa shape index (κ3) is 2.78. The first kappa shape index (κ1) is 13.6. The molecule has 114 valence electrons. The second-order valence-electron chi connectivity index (χ2n) is 5.99. The molecule has 0 atom stereocenters. The lowest BCUT2D eigenvalue weighted by atomic mass is 9.99. The third-order valence-electron chi connectivity index (χ3n) is 4.33. The van der Waals surface area contributed by atoms with Crippen LogP contribution in [0.4, 0.5) is 4.39 Å². The molecule has 1 saturated carbocycles. The van der Waals surface area contributed by atoms with Crippen LogP contribution in [0.2, 0.25) is 0 Å². The monoisotopic (exact) mass is 299 g/mol. The van der Waals surface area contributed by atoms with Crippen molar-refractivity contribution in [2.24, 2.45) is 0 Å². The Morgan fingerprint density at radius 1 is 1.18 bits per heavy atom. The topological polar surface area (TPSA) is 46.8 Å². The van der Waals surface area contributed by atoms with Gasteiger partial charge in [-0.1, -0.05) is 18.2 Å². The minimum Gasteiger partial charge on any atom is -0.292 e. The molecule has 1 aromatic heterocycles. The average molecular weight is 299 g/mol. The Hall–Kier alpha value is -2.08. The van der Waals surface area contributed by atoms with Gasteiger partial charge in [0.05, 0.1) is 12.6 Å². The van der Waals surface area contributed by atoms with Crippen LogP contribution in [0.1, 0.15) is 36.7 Å². The van der Waals surface area contributed by atoms with Crippen LogP contribution in [0.25, 0.3) is 5.57 Å². The Labute approximate surface area is 128 Å². The van der Waals surface area contributed by atoms with Gasteiger partial charge in [-0.15, -0.1) is 5.10 Å². The van der Waals surface area contributed by atoms with Crippen molar-refractivity contribution < 1.29 is 4.39 Å².